The molecule has 3 N–H and O–H groups in total. The summed E-state index contributed by atoms with van der Waals surface area (Å²) >= 11 is 0. The maximum Gasteiger partial charge on any atom is 0.238 e. The predicted molar refractivity (Wildman–Crippen MR) is 112 cm³/mol. The lowest BCUT2D eigenvalue weighted by atomic mass is 9.96. The number of nitrogens with one attached hydrogen (secondary N) is 1. The Hall–Kier alpha value is -2.41. The fourth-order valence-electron chi connectivity index (χ4n) is 4.02. The number of likely N-dealkylation sites (tertiary alicyclic amines) is 1. The van der Waals surface area contributed by atoms with Crippen molar-refractivity contribution in [3.05, 3.63) is 29.3 Å². The van der Waals surface area contributed by atoms with Gasteiger partial charge in [-0.05, 0) is 50.7 Å². The van der Waals surface area contributed by atoms with E-state index in [1.165, 1.54) is 0 Å². The Morgan fingerprint density at radius 1 is 1.10 bits per heavy atom. The number of nitrogens with two attached hydrogens (primary N) is 1. The number of hydrogen-bond donors (Lipinski definition) is 2. The first-order valence-corrected chi connectivity index (χ1v) is 10.5. The van der Waals surface area contributed by atoms with Crippen molar-refractivity contribution in [3.63, 3.8) is 0 Å². The molecule has 3 rings (SSSR count). The highest BCUT2D eigenvalue weighted by molar-refractivity contribution is 5.93. The normalized spacial score (nSPS) is 17.4. The monoisotopic (exact) mass is 400 g/mol. The molecular formula is C22H32N4O3. The first-order valence-electron chi connectivity index (χ1n) is 10.5. The molecule has 29 heavy (non-hydrogen) atoms. The molecule has 1 saturated heterocycles. The minimum atomic E-state index is -0.271. The molecule has 0 spiro atoms. The van der Waals surface area contributed by atoms with Crippen molar-refractivity contribution in [2.75, 3.05) is 31.5 Å². The molecule has 1 aliphatic heterocycles. The van der Waals surface area contributed by atoms with E-state index >= 15 is 0 Å². The van der Waals surface area contributed by atoms with E-state index < -0.39 is 0 Å². The summed E-state index contributed by atoms with van der Waals surface area (Å²) in [6.07, 6.45) is 3.84. The first-order chi connectivity index (χ1) is 13.8. The van der Waals surface area contributed by atoms with Crippen LogP contribution in [-0.2, 0) is 14.4 Å². The van der Waals surface area contributed by atoms with Crippen molar-refractivity contribution in [2.24, 2.45) is 11.7 Å². The second kappa shape index (κ2) is 9.39. The molecule has 1 aromatic rings. The van der Waals surface area contributed by atoms with Gasteiger partial charge in [0.25, 0.3) is 0 Å². The number of rotatable bonds is 8. The number of benzene rings is 1. The molecule has 1 aliphatic carbocycles. The lowest BCUT2D eigenvalue weighted by molar-refractivity contribution is -0.135. The Labute approximate surface area is 172 Å². The predicted octanol–water partition coefficient (Wildman–Crippen LogP) is 1.82. The molecule has 3 amide bonds. The number of amides is 3. The van der Waals surface area contributed by atoms with Crippen LogP contribution in [0.4, 0.5) is 5.69 Å². The number of carbonyl (C=O) groups excluding carboxylic acids is 3. The Morgan fingerprint density at radius 3 is 2.28 bits per heavy atom. The molecule has 0 radical (unpaired) electrons. The maximum atomic E-state index is 12.6. The number of hydrogen-bond acceptors (Lipinski definition) is 4. The van der Waals surface area contributed by atoms with E-state index in [0.717, 1.165) is 29.7 Å². The van der Waals surface area contributed by atoms with Gasteiger partial charge >= 0.3 is 0 Å². The van der Waals surface area contributed by atoms with Crippen LogP contribution in [0.2, 0.25) is 0 Å². The first kappa shape index (κ1) is 21.3. The molecule has 7 heteroatoms. The third kappa shape index (κ3) is 5.79. The van der Waals surface area contributed by atoms with Crippen LogP contribution in [-0.4, -0.2) is 59.7 Å². The second-order valence-electron chi connectivity index (χ2n) is 8.32. The molecular weight excluding hydrogens is 368 g/mol. The van der Waals surface area contributed by atoms with Crippen molar-refractivity contribution >= 4 is 23.4 Å². The minimum Gasteiger partial charge on any atom is -0.369 e. The van der Waals surface area contributed by atoms with E-state index in [1.54, 1.807) is 0 Å². The Kier molecular flexibility index (Phi) is 6.90. The van der Waals surface area contributed by atoms with E-state index in [-0.39, 0.29) is 23.6 Å². The molecule has 0 bridgehead atoms. The molecule has 1 heterocycles. The fourth-order valence-corrected chi connectivity index (χ4v) is 4.02. The number of nitrogens with zero attached hydrogens (tertiary/aromatic N) is 2. The van der Waals surface area contributed by atoms with Crippen LogP contribution in [0.5, 0.6) is 0 Å². The van der Waals surface area contributed by atoms with Gasteiger partial charge < -0.3 is 16.0 Å². The quantitative estimate of drug-likeness (QED) is 0.696. The van der Waals surface area contributed by atoms with E-state index in [0.29, 0.717) is 51.5 Å². The van der Waals surface area contributed by atoms with Crippen LogP contribution in [0.25, 0.3) is 0 Å². The molecule has 0 unspecified atom stereocenters. The van der Waals surface area contributed by atoms with Gasteiger partial charge in [0.2, 0.25) is 17.7 Å². The number of primary amides is 1. The third-order valence-electron chi connectivity index (χ3n) is 6.02. The van der Waals surface area contributed by atoms with Gasteiger partial charge in [-0.15, -0.1) is 0 Å². The zero-order chi connectivity index (χ0) is 21.0. The summed E-state index contributed by atoms with van der Waals surface area (Å²) in [5.74, 6) is -0.333. The molecule has 7 nitrogen and oxygen atoms in total. The molecule has 0 aromatic heterocycles. The number of aryl methyl sites for hydroxylation is 2. The van der Waals surface area contributed by atoms with Crippen molar-refractivity contribution < 1.29 is 14.4 Å². The second-order valence-corrected chi connectivity index (χ2v) is 8.32. The van der Waals surface area contributed by atoms with Crippen LogP contribution >= 0.6 is 0 Å². The lowest BCUT2D eigenvalue weighted by Gasteiger charge is -2.31. The number of anilines is 1. The van der Waals surface area contributed by atoms with E-state index in [9.17, 15) is 14.4 Å². The van der Waals surface area contributed by atoms with Crippen LogP contribution < -0.4 is 11.1 Å². The fraction of sp³-hybridized carbons (Fsp3) is 0.591. The van der Waals surface area contributed by atoms with Crippen molar-refractivity contribution in [3.8, 4) is 0 Å². The van der Waals surface area contributed by atoms with Gasteiger partial charge in [0.05, 0.1) is 6.54 Å². The Bertz CT molecular complexity index is 747. The molecule has 2 fully saturated rings. The standard InChI is InChI=1S/C22H32N4O3/c1-15-4-3-5-16(2)21(15)24-19(27)14-26(18-6-7-18)13-10-20(28)25-11-8-17(9-12-25)22(23)29/h3-5,17-18H,6-14H2,1-2H3,(H2,23,29)(H,24,27). The van der Waals surface area contributed by atoms with Crippen LogP contribution in [0.15, 0.2) is 18.2 Å². The summed E-state index contributed by atoms with van der Waals surface area (Å²) in [6, 6.07) is 6.35. The SMILES string of the molecule is Cc1cccc(C)c1NC(=O)CN(CCC(=O)N1CCC(C(N)=O)CC1)C1CC1. The molecule has 1 saturated carbocycles. The highest BCUT2D eigenvalue weighted by Crippen LogP contribution is 2.27. The number of piperidine rings is 1. The van der Waals surface area contributed by atoms with Crippen molar-refractivity contribution in [1.82, 2.24) is 9.80 Å². The molecule has 158 valence electrons. The highest BCUT2D eigenvalue weighted by atomic mass is 16.2. The average molecular weight is 401 g/mol. The minimum absolute atomic E-state index is 0.0379. The molecule has 1 aromatic carbocycles. The summed E-state index contributed by atoms with van der Waals surface area (Å²) in [5.41, 5.74) is 8.33. The van der Waals surface area contributed by atoms with Gasteiger partial charge in [-0.1, -0.05) is 18.2 Å². The maximum absolute atomic E-state index is 12.6. The smallest absolute Gasteiger partial charge is 0.238 e. The molecule has 2 aliphatic rings. The van der Waals surface area contributed by atoms with Gasteiger partial charge in [0.15, 0.2) is 0 Å². The lowest BCUT2D eigenvalue weighted by Crippen LogP contribution is -2.43. The Balaban J connectivity index is 1.49. The van der Waals surface area contributed by atoms with E-state index in [1.807, 2.05) is 36.9 Å². The number of carbonyl (C=O) groups is 3. The van der Waals surface area contributed by atoms with Crippen LogP contribution in [0.3, 0.4) is 0 Å². The van der Waals surface area contributed by atoms with Gasteiger partial charge in [-0.25, -0.2) is 0 Å². The van der Waals surface area contributed by atoms with Crippen LogP contribution in [0.1, 0.15) is 43.2 Å². The summed E-state index contributed by atoms with van der Waals surface area (Å²) in [7, 11) is 0. The van der Waals surface area contributed by atoms with Gasteiger partial charge in [0.1, 0.15) is 0 Å². The van der Waals surface area contributed by atoms with Crippen molar-refractivity contribution in [1.29, 1.82) is 0 Å². The van der Waals surface area contributed by atoms with Gasteiger partial charge in [0, 0.05) is 43.7 Å². The van der Waals surface area contributed by atoms with E-state index in [4.69, 9.17) is 5.73 Å². The summed E-state index contributed by atoms with van der Waals surface area (Å²) in [5, 5.41) is 3.04. The summed E-state index contributed by atoms with van der Waals surface area (Å²) < 4.78 is 0. The van der Waals surface area contributed by atoms with E-state index in [2.05, 4.69) is 10.2 Å². The highest BCUT2D eigenvalue weighted by Gasteiger charge is 2.32. The largest absolute Gasteiger partial charge is 0.369 e. The van der Waals surface area contributed by atoms with Crippen LogP contribution in [0, 0.1) is 19.8 Å². The summed E-state index contributed by atoms with van der Waals surface area (Å²) in [6.45, 7) is 6.03. The Morgan fingerprint density at radius 2 is 1.72 bits per heavy atom. The summed E-state index contributed by atoms with van der Waals surface area (Å²) in [4.78, 5) is 40.4. The van der Waals surface area contributed by atoms with Crippen molar-refractivity contribution in [2.45, 2.75) is 52.0 Å². The third-order valence-corrected chi connectivity index (χ3v) is 6.02. The van der Waals surface area contributed by atoms with Gasteiger partial charge in [-0.3, -0.25) is 19.3 Å². The van der Waals surface area contributed by atoms with Gasteiger partial charge in [-0.2, -0.15) is 0 Å². The zero-order valence-corrected chi connectivity index (χ0v) is 17.4. The topological polar surface area (TPSA) is 95.7 Å². The molecule has 0 atom stereocenters. The zero-order valence-electron chi connectivity index (χ0n) is 17.4. The average Bonchev–Trinajstić information content (AvgIpc) is 3.53. The number of para-hydroxylation sites is 1.